The third-order valence-electron chi connectivity index (χ3n) is 3.41. The van der Waals surface area contributed by atoms with Crippen LogP contribution in [0.3, 0.4) is 0 Å². The van der Waals surface area contributed by atoms with Crippen molar-refractivity contribution < 1.29 is 0 Å². The number of aromatic nitrogens is 1. The van der Waals surface area contributed by atoms with E-state index in [-0.39, 0.29) is 0 Å². The fraction of sp³-hybridized carbons (Fsp3) is 0.267. The smallest absolute Gasteiger partial charge is 0.120 e. The number of benzene rings is 1. The quantitative estimate of drug-likeness (QED) is 0.925. The highest BCUT2D eigenvalue weighted by molar-refractivity contribution is 6.31. The van der Waals surface area contributed by atoms with Crippen molar-refractivity contribution in [2.45, 2.75) is 20.4 Å². The van der Waals surface area contributed by atoms with Gasteiger partial charge in [-0.05, 0) is 43.2 Å². The third kappa shape index (κ3) is 2.74. The number of hydrogen-bond acceptors (Lipinski definition) is 2. The predicted octanol–water partition coefficient (Wildman–Crippen LogP) is 3.78. The van der Waals surface area contributed by atoms with Gasteiger partial charge in [0.05, 0.1) is 0 Å². The van der Waals surface area contributed by atoms with E-state index in [0.717, 1.165) is 27.5 Å². The van der Waals surface area contributed by atoms with Crippen molar-refractivity contribution in [3.8, 4) is 6.07 Å². The van der Waals surface area contributed by atoms with Gasteiger partial charge in [0.2, 0.25) is 0 Å². The highest BCUT2D eigenvalue weighted by Gasteiger charge is 2.08. The zero-order chi connectivity index (χ0) is 14.0. The molecule has 0 radical (unpaired) electrons. The van der Waals surface area contributed by atoms with Crippen LogP contribution < -0.4 is 5.32 Å². The average molecular weight is 274 g/mol. The van der Waals surface area contributed by atoms with E-state index in [1.165, 1.54) is 0 Å². The number of anilines is 1. The predicted molar refractivity (Wildman–Crippen MR) is 78.4 cm³/mol. The molecule has 2 rings (SSSR count). The van der Waals surface area contributed by atoms with Crippen molar-refractivity contribution >= 4 is 17.3 Å². The second-order valence-corrected chi connectivity index (χ2v) is 5.04. The molecule has 4 heteroatoms. The van der Waals surface area contributed by atoms with Crippen LogP contribution >= 0.6 is 11.6 Å². The summed E-state index contributed by atoms with van der Waals surface area (Å²) >= 11 is 6.09. The minimum atomic E-state index is 0.677. The van der Waals surface area contributed by atoms with Gasteiger partial charge in [0.15, 0.2) is 0 Å². The number of hydrogen-bond donors (Lipinski definition) is 1. The fourth-order valence-electron chi connectivity index (χ4n) is 1.95. The maximum absolute atomic E-state index is 9.00. The van der Waals surface area contributed by atoms with Gasteiger partial charge in [-0.1, -0.05) is 17.7 Å². The Morgan fingerprint density at radius 3 is 2.63 bits per heavy atom. The molecule has 0 fully saturated rings. The van der Waals surface area contributed by atoms with E-state index in [0.29, 0.717) is 12.2 Å². The summed E-state index contributed by atoms with van der Waals surface area (Å²) in [6, 6.07) is 10.0. The molecule has 0 spiro atoms. The minimum Gasteiger partial charge on any atom is -0.381 e. The molecule has 0 amide bonds. The molecule has 1 heterocycles. The number of rotatable bonds is 3. The summed E-state index contributed by atoms with van der Waals surface area (Å²) in [7, 11) is 1.90. The van der Waals surface area contributed by atoms with Crippen LogP contribution in [0.25, 0.3) is 0 Å². The van der Waals surface area contributed by atoms with Gasteiger partial charge in [-0.2, -0.15) is 5.26 Å². The van der Waals surface area contributed by atoms with Crippen molar-refractivity contribution in [1.29, 1.82) is 5.26 Å². The molecule has 0 bridgehead atoms. The first-order chi connectivity index (χ1) is 9.02. The summed E-state index contributed by atoms with van der Waals surface area (Å²) in [4.78, 5) is 0. The van der Waals surface area contributed by atoms with E-state index in [9.17, 15) is 0 Å². The second kappa shape index (κ2) is 5.38. The van der Waals surface area contributed by atoms with Gasteiger partial charge in [0.1, 0.15) is 11.8 Å². The SMILES string of the molecule is Cc1ccc(NCc2cc(C#N)n(C)c2C)cc1Cl. The van der Waals surface area contributed by atoms with Gasteiger partial charge in [-0.3, -0.25) is 0 Å². The van der Waals surface area contributed by atoms with Crippen LogP contribution in [0.2, 0.25) is 5.02 Å². The molecule has 0 aliphatic heterocycles. The minimum absolute atomic E-state index is 0.677. The van der Waals surface area contributed by atoms with Gasteiger partial charge in [-0.25, -0.2) is 0 Å². The lowest BCUT2D eigenvalue weighted by Gasteiger charge is -2.08. The molecule has 1 N–H and O–H groups in total. The molecule has 1 aromatic carbocycles. The zero-order valence-electron chi connectivity index (χ0n) is 11.3. The van der Waals surface area contributed by atoms with E-state index in [4.69, 9.17) is 16.9 Å². The van der Waals surface area contributed by atoms with Gasteiger partial charge >= 0.3 is 0 Å². The molecular weight excluding hydrogens is 258 g/mol. The highest BCUT2D eigenvalue weighted by atomic mass is 35.5. The van der Waals surface area contributed by atoms with Gasteiger partial charge < -0.3 is 9.88 Å². The number of nitrogens with zero attached hydrogens (tertiary/aromatic N) is 2. The monoisotopic (exact) mass is 273 g/mol. The number of nitriles is 1. The van der Waals surface area contributed by atoms with Crippen molar-refractivity contribution in [2.75, 3.05) is 5.32 Å². The lowest BCUT2D eigenvalue weighted by molar-refractivity contribution is 0.856. The normalized spacial score (nSPS) is 10.3. The molecule has 2 aromatic rings. The molecule has 1 aromatic heterocycles. The first kappa shape index (κ1) is 13.5. The van der Waals surface area contributed by atoms with Crippen LogP contribution in [0.4, 0.5) is 5.69 Å². The molecule has 0 unspecified atom stereocenters. The lowest BCUT2D eigenvalue weighted by Crippen LogP contribution is -2.01. The molecule has 98 valence electrons. The summed E-state index contributed by atoms with van der Waals surface area (Å²) in [5, 5.41) is 13.1. The van der Waals surface area contributed by atoms with Crippen molar-refractivity contribution in [3.05, 3.63) is 51.8 Å². The Balaban J connectivity index is 2.15. The van der Waals surface area contributed by atoms with Crippen molar-refractivity contribution in [3.63, 3.8) is 0 Å². The van der Waals surface area contributed by atoms with Gasteiger partial charge in [0, 0.05) is 30.0 Å². The largest absolute Gasteiger partial charge is 0.381 e. The van der Waals surface area contributed by atoms with Gasteiger partial charge in [0.25, 0.3) is 0 Å². The van der Waals surface area contributed by atoms with Crippen LogP contribution in [0.15, 0.2) is 24.3 Å². The molecule has 3 nitrogen and oxygen atoms in total. The third-order valence-corrected chi connectivity index (χ3v) is 3.82. The van der Waals surface area contributed by atoms with Gasteiger partial charge in [-0.15, -0.1) is 0 Å². The summed E-state index contributed by atoms with van der Waals surface area (Å²) in [5.41, 5.74) is 4.95. The Morgan fingerprint density at radius 2 is 2.05 bits per heavy atom. The lowest BCUT2D eigenvalue weighted by atomic mass is 10.2. The van der Waals surface area contributed by atoms with E-state index >= 15 is 0 Å². The van der Waals surface area contributed by atoms with E-state index in [2.05, 4.69) is 11.4 Å². The van der Waals surface area contributed by atoms with Crippen LogP contribution in [-0.4, -0.2) is 4.57 Å². The molecule has 0 saturated carbocycles. The first-order valence-electron chi connectivity index (χ1n) is 6.08. The van der Waals surface area contributed by atoms with Crippen molar-refractivity contribution in [1.82, 2.24) is 4.57 Å². The topological polar surface area (TPSA) is 40.8 Å². The fourth-order valence-corrected chi connectivity index (χ4v) is 2.13. The standard InChI is InChI=1S/C15H16ClN3/c1-10-4-5-13(7-15(10)16)18-9-12-6-14(8-17)19(3)11(12)2/h4-7,18H,9H2,1-3H3. The Kier molecular flexibility index (Phi) is 3.82. The molecule has 0 saturated heterocycles. The first-order valence-corrected chi connectivity index (χ1v) is 6.46. The summed E-state index contributed by atoms with van der Waals surface area (Å²) < 4.78 is 1.90. The summed E-state index contributed by atoms with van der Waals surface area (Å²) in [6.45, 7) is 4.67. The van der Waals surface area contributed by atoms with Crippen LogP contribution in [0.5, 0.6) is 0 Å². The zero-order valence-corrected chi connectivity index (χ0v) is 12.0. The maximum Gasteiger partial charge on any atom is 0.120 e. The van der Waals surface area contributed by atoms with E-state index < -0.39 is 0 Å². The van der Waals surface area contributed by atoms with Crippen LogP contribution in [0, 0.1) is 25.2 Å². The van der Waals surface area contributed by atoms with Crippen molar-refractivity contribution in [2.24, 2.45) is 7.05 Å². The van der Waals surface area contributed by atoms with E-state index in [1.54, 1.807) is 0 Å². The Labute approximate surface area is 118 Å². The van der Waals surface area contributed by atoms with Crippen LogP contribution in [-0.2, 0) is 13.6 Å². The molecule has 0 aliphatic carbocycles. The summed E-state index contributed by atoms with van der Waals surface area (Å²) in [6.07, 6.45) is 0. The Morgan fingerprint density at radius 1 is 1.32 bits per heavy atom. The molecule has 19 heavy (non-hydrogen) atoms. The van der Waals surface area contributed by atoms with E-state index in [1.807, 2.05) is 49.7 Å². The second-order valence-electron chi connectivity index (χ2n) is 4.63. The Bertz CT molecular complexity index is 650. The Hall–Kier alpha value is -1.92. The average Bonchev–Trinajstić information content (AvgIpc) is 2.67. The van der Waals surface area contributed by atoms with Crippen LogP contribution in [0.1, 0.15) is 22.5 Å². The number of aryl methyl sites for hydroxylation is 1. The molecular formula is C15H16ClN3. The number of halogens is 1. The molecule has 0 aliphatic rings. The number of nitrogens with one attached hydrogen (secondary N) is 1. The maximum atomic E-state index is 9.00. The highest BCUT2D eigenvalue weighted by Crippen LogP contribution is 2.21. The molecule has 0 atom stereocenters. The summed E-state index contributed by atoms with van der Waals surface area (Å²) in [5.74, 6) is 0.